The molecule has 1 aromatic carbocycles. The molecule has 6 heteroatoms. The van der Waals surface area contributed by atoms with Gasteiger partial charge in [-0.2, -0.15) is 0 Å². The van der Waals surface area contributed by atoms with Crippen molar-refractivity contribution in [2.75, 3.05) is 6.54 Å². The number of nitrogens with one attached hydrogen (secondary N) is 2. The summed E-state index contributed by atoms with van der Waals surface area (Å²) in [4.78, 5) is 29.7. The highest BCUT2D eigenvalue weighted by atomic mass is 32.1. The highest BCUT2D eigenvalue weighted by Crippen LogP contribution is 2.60. The van der Waals surface area contributed by atoms with Gasteiger partial charge in [0.15, 0.2) is 0 Å². The van der Waals surface area contributed by atoms with Gasteiger partial charge in [-0.25, -0.2) is 4.98 Å². The summed E-state index contributed by atoms with van der Waals surface area (Å²) in [6.45, 7) is 3.12. The summed E-state index contributed by atoms with van der Waals surface area (Å²) in [5, 5.41) is 9.29. The van der Waals surface area contributed by atoms with Crippen molar-refractivity contribution >= 4 is 23.2 Å². The highest BCUT2D eigenvalue weighted by molar-refractivity contribution is 7.09. The van der Waals surface area contributed by atoms with Crippen LogP contribution >= 0.6 is 11.3 Å². The van der Waals surface area contributed by atoms with Crippen molar-refractivity contribution in [2.45, 2.75) is 64.8 Å². The van der Waals surface area contributed by atoms with Crippen LogP contribution in [-0.4, -0.2) is 23.3 Å². The SMILES string of the molecule is Cc1nc(-c2ccc(CNC(=O)CCCNC(=O)C34CC5CC(CC(C5)C3)C4)cc2)cs1. The van der Waals surface area contributed by atoms with E-state index in [4.69, 9.17) is 0 Å². The normalized spacial score (nSPS) is 28.0. The van der Waals surface area contributed by atoms with Crippen LogP contribution in [0.1, 0.15) is 61.9 Å². The van der Waals surface area contributed by atoms with Gasteiger partial charge in [0.2, 0.25) is 11.8 Å². The topological polar surface area (TPSA) is 71.1 Å². The molecule has 6 rings (SSSR count). The van der Waals surface area contributed by atoms with Crippen molar-refractivity contribution in [3.8, 4) is 11.3 Å². The summed E-state index contributed by atoms with van der Waals surface area (Å²) >= 11 is 1.65. The molecular weight excluding hydrogens is 418 g/mol. The Labute approximate surface area is 194 Å². The maximum absolute atomic E-state index is 13.0. The van der Waals surface area contributed by atoms with Crippen LogP contribution < -0.4 is 10.6 Å². The molecule has 0 saturated heterocycles. The number of aryl methyl sites for hydroxylation is 1. The van der Waals surface area contributed by atoms with Crippen LogP contribution in [-0.2, 0) is 16.1 Å². The predicted molar refractivity (Wildman–Crippen MR) is 127 cm³/mol. The third-order valence-electron chi connectivity index (χ3n) is 7.74. The highest BCUT2D eigenvalue weighted by Gasteiger charge is 2.54. The van der Waals surface area contributed by atoms with Gasteiger partial charge < -0.3 is 10.6 Å². The fourth-order valence-electron chi connectivity index (χ4n) is 6.61. The van der Waals surface area contributed by atoms with Crippen molar-refractivity contribution in [3.05, 3.63) is 40.2 Å². The number of thiazole rings is 1. The Bertz CT molecular complexity index is 946. The van der Waals surface area contributed by atoms with Crippen molar-refractivity contribution in [2.24, 2.45) is 23.2 Å². The molecule has 5 nitrogen and oxygen atoms in total. The molecule has 1 heterocycles. The van der Waals surface area contributed by atoms with Crippen LogP contribution in [0.2, 0.25) is 0 Å². The predicted octanol–water partition coefficient (Wildman–Crippen LogP) is 4.85. The molecule has 0 aliphatic heterocycles. The average Bonchev–Trinajstić information content (AvgIpc) is 3.21. The standard InChI is InChI=1S/C26H33N3O2S/c1-17-29-23(16-32-17)22-6-4-18(5-7-22)15-28-24(30)3-2-8-27-25(31)26-12-19-9-20(13-26)11-21(10-19)14-26/h4-7,16,19-21H,2-3,8-15H2,1H3,(H,27,31)(H,28,30). The minimum atomic E-state index is -0.0968. The van der Waals surface area contributed by atoms with Crippen LogP contribution in [0.4, 0.5) is 0 Å². The molecule has 0 radical (unpaired) electrons. The van der Waals surface area contributed by atoms with Gasteiger partial charge in [-0.15, -0.1) is 11.3 Å². The first kappa shape index (κ1) is 21.6. The number of carbonyl (C=O) groups excluding carboxylic acids is 2. The van der Waals surface area contributed by atoms with E-state index in [1.807, 2.05) is 19.1 Å². The lowest BCUT2D eigenvalue weighted by atomic mass is 9.49. The smallest absolute Gasteiger partial charge is 0.226 e. The number of amides is 2. The number of hydrogen-bond donors (Lipinski definition) is 2. The summed E-state index contributed by atoms with van der Waals surface area (Å²) in [7, 11) is 0. The Morgan fingerprint density at radius 3 is 2.28 bits per heavy atom. The van der Waals surface area contributed by atoms with Gasteiger partial charge in [-0.3, -0.25) is 9.59 Å². The molecule has 4 aliphatic rings. The summed E-state index contributed by atoms with van der Waals surface area (Å²) in [5.74, 6) is 2.62. The Morgan fingerprint density at radius 2 is 1.69 bits per heavy atom. The van der Waals surface area contributed by atoms with E-state index in [0.29, 0.717) is 25.9 Å². The molecule has 0 atom stereocenters. The first-order valence-electron chi connectivity index (χ1n) is 12.1. The molecular formula is C26H33N3O2S. The molecule has 2 amide bonds. The number of hydrogen-bond acceptors (Lipinski definition) is 4. The average molecular weight is 452 g/mol. The van der Waals surface area contributed by atoms with E-state index in [1.165, 1.54) is 19.3 Å². The van der Waals surface area contributed by atoms with Crippen LogP contribution in [0.15, 0.2) is 29.6 Å². The summed E-state index contributed by atoms with van der Waals surface area (Å²) in [6, 6.07) is 8.18. The van der Waals surface area contributed by atoms with E-state index >= 15 is 0 Å². The lowest BCUT2D eigenvalue weighted by molar-refractivity contribution is -0.146. The molecule has 2 N–H and O–H groups in total. The van der Waals surface area contributed by atoms with Gasteiger partial charge in [0.05, 0.1) is 10.7 Å². The van der Waals surface area contributed by atoms with E-state index < -0.39 is 0 Å². The maximum Gasteiger partial charge on any atom is 0.226 e. The van der Waals surface area contributed by atoms with Gasteiger partial charge in [0.25, 0.3) is 0 Å². The lowest BCUT2D eigenvalue weighted by Crippen LogP contribution is -2.53. The van der Waals surface area contributed by atoms with E-state index in [0.717, 1.165) is 58.8 Å². The molecule has 2 aromatic rings. The Morgan fingerprint density at radius 1 is 1.03 bits per heavy atom. The Hall–Kier alpha value is -2.21. The van der Waals surface area contributed by atoms with Crippen LogP contribution in [0.5, 0.6) is 0 Å². The largest absolute Gasteiger partial charge is 0.356 e. The third kappa shape index (κ3) is 4.61. The van der Waals surface area contributed by atoms with Crippen molar-refractivity contribution in [1.82, 2.24) is 15.6 Å². The van der Waals surface area contributed by atoms with Gasteiger partial charge in [0.1, 0.15) is 0 Å². The monoisotopic (exact) mass is 451 g/mol. The van der Waals surface area contributed by atoms with E-state index in [1.54, 1.807) is 11.3 Å². The molecule has 4 aliphatic carbocycles. The third-order valence-corrected chi connectivity index (χ3v) is 8.52. The minimum Gasteiger partial charge on any atom is -0.356 e. The van der Waals surface area contributed by atoms with Crippen molar-refractivity contribution in [3.63, 3.8) is 0 Å². The lowest BCUT2D eigenvalue weighted by Gasteiger charge is -2.55. The number of carbonyl (C=O) groups is 2. The molecule has 0 unspecified atom stereocenters. The van der Waals surface area contributed by atoms with Gasteiger partial charge in [-0.05, 0) is 75.2 Å². The molecule has 4 saturated carbocycles. The van der Waals surface area contributed by atoms with E-state index in [2.05, 4.69) is 33.1 Å². The van der Waals surface area contributed by atoms with Gasteiger partial charge in [-0.1, -0.05) is 24.3 Å². The van der Waals surface area contributed by atoms with Gasteiger partial charge >= 0.3 is 0 Å². The van der Waals surface area contributed by atoms with Crippen LogP contribution in [0, 0.1) is 30.1 Å². The molecule has 1 aromatic heterocycles. The fourth-order valence-corrected chi connectivity index (χ4v) is 7.23. The van der Waals surface area contributed by atoms with Crippen LogP contribution in [0.3, 0.4) is 0 Å². The molecule has 0 spiro atoms. The quantitative estimate of drug-likeness (QED) is 0.564. The van der Waals surface area contributed by atoms with Crippen LogP contribution in [0.25, 0.3) is 11.3 Å². The molecule has 4 bridgehead atoms. The molecule has 170 valence electrons. The summed E-state index contributed by atoms with van der Waals surface area (Å²) in [5.41, 5.74) is 3.07. The van der Waals surface area contributed by atoms with E-state index in [9.17, 15) is 9.59 Å². The Kier molecular flexibility index (Phi) is 6.06. The fraction of sp³-hybridized carbons (Fsp3) is 0.577. The zero-order valence-corrected chi connectivity index (χ0v) is 19.7. The second-order valence-electron chi connectivity index (χ2n) is 10.3. The number of nitrogens with zero attached hydrogens (tertiary/aromatic N) is 1. The maximum atomic E-state index is 13.0. The number of rotatable bonds is 8. The summed E-state index contributed by atoms with van der Waals surface area (Å²) < 4.78 is 0. The van der Waals surface area contributed by atoms with E-state index in [-0.39, 0.29) is 17.2 Å². The minimum absolute atomic E-state index is 0.0354. The van der Waals surface area contributed by atoms with Crippen molar-refractivity contribution < 1.29 is 9.59 Å². The number of aromatic nitrogens is 1. The first-order valence-corrected chi connectivity index (χ1v) is 12.9. The first-order chi connectivity index (χ1) is 15.5. The molecule has 32 heavy (non-hydrogen) atoms. The van der Waals surface area contributed by atoms with Crippen molar-refractivity contribution in [1.29, 1.82) is 0 Å². The molecule has 4 fully saturated rings. The second kappa shape index (κ2) is 8.97. The second-order valence-corrected chi connectivity index (χ2v) is 11.3. The Balaban J connectivity index is 1.02. The summed E-state index contributed by atoms with van der Waals surface area (Å²) in [6.07, 6.45) is 8.44. The number of benzene rings is 1. The zero-order valence-electron chi connectivity index (χ0n) is 18.9. The zero-order chi connectivity index (χ0) is 22.1. The van der Waals surface area contributed by atoms with Gasteiger partial charge in [0, 0.05) is 35.9 Å².